The summed E-state index contributed by atoms with van der Waals surface area (Å²) in [4.78, 5) is 2.35. The van der Waals surface area contributed by atoms with Crippen molar-refractivity contribution in [2.75, 3.05) is 40.3 Å². The van der Waals surface area contributed by atoms with Crippen LogP contribution in [0.5, 0.6) is 5.75 Å². The predicted molar refractivity (Wildman–Crippen MR) is 83.4 cm³/mol. The first-order valence-electron chi connectivity index (χ1n) is 6.90. The van der Waals surface area contributed by atoms with Crippen LogP contribution in [0.25, 0.3) is 0 Å². The summed E-state index contributed by atoms with van der Waals surface area (Å²) in [5.41, 5.74) is 0.836. The third kappa shape index (κ3) is 3.69. The van der Waals surface area contributed by atoms with Gasteiger partial charge in [0.25, 0.3) is 0 Å². The first kappa shape index (κ1) is 16.5. The maximum Gasteiger partial charge on any atom is 0.246 e. The van der Waals surface area contributed by atoms with Crippen LogP contribution in [-0.4, -0.2) is 58.0 Å². The summed E-state index contributed by atoms with van der Waals surface area (Å²) >= 11 is 5.79. The van der Waals surface area contributed by atoms with E-state index in [1.165, 1.54) is 11.4 Å². The molecule has 0 aliphatic carbocycles. The number of rotatable bonds is 4. The van der Waals surface area contributed by atoms with Gasteiger partial charge in [0.1, 0.15) is 10.6 Å². The second-order valence-corrected chi connectivity index (χ2v) is 7.35. The zero-order valence-corrected chi connectivity index (χ0v) is 14.0. The van der Waals surface area contributed by atoms with Gasteiger partial charge in [-0.3, -0.25) is 0 Å². The molecule has 2 rings (SSSR count). The van der Waals surface area contributed by atoms with Gasteiger partial charge in [0.05, 0.1) is 7.11 Å². The van der Waals surface area contributed by atoms with E-state index in [2.05, 4.69) is 4.90 Å². The van der Waals surface area contributed by atoms with Crippen molar-refractivity contribution in [1.82, 2.24) is 9.21 Å². The number of ether oxygens (including phenoxy) is 1. The molecular formula is C14H21ClN2O3S. The number of alkyl halides is 1. The van der Waals surface area contributed by atoms with E-state index in [-0.39, 0.29) is 4.90 Å². The Labute approximate surface area is 131 Å². The Kier molecular flexibility index (Phi) is 5.48. The highest BCUT2D eigenvalue weighted by Crippen LogP contribution is 2.29. The summed E-state index contributed by atoms with van der Waals surface area (Å²) < 4.78 is 32.4. The third-order valence-corrected chi connectivity index (χ3v) is 5.93. The zero-order chi connectivity index (χ0) is 15.5. The highest BCUT2D eigenvalue weighted by atomic mass is 35.5. The fraction of sp³-hybridized carbons (Fsp3) is 0.571. The van der Waals surface area contributed by atoms with Gasteiger partial charge in [-0.2, -0.15) is 4.31 Å². The summed E-state index contributed by atoms with van der Waals surface area (Å²) in [7, 11) is -0.0573. The minimum Gasteiger partial charge on any atom is -0.495 e. The van der Waals surface area contributed by atoms with Gasteiger partial charge in [-0.1, -0.05) is 6.07 Å². The maximum absolute atomic E-state index is 12.8. The van der Waals surface area contributed by atoms with Crippen molar-refractivity contribution < 1.29 is 13.2 Å². The van der Waals surface area contributed by atoms with Gasteiger partial charge in [0, 0.05) is 25.5 Å². The number of methoxy groups -OCH3 is 1. The molecule has 21 heavy (non-hydrogen) atoms. The van der Waals surface area contributed by atoms with Gasteiger partial charge in [-0.05, 0) is 37.7 Å². The Balaban J connectivity index is 2.34. The van der Waals surface area contributed by atoms with Crippen molar-refractivity contribution in [1.29, 1.82) is 0 Å². The fourth-order valence-electron chi connectivity index (χ4n) is 2.41. The van der Waals surface area contributed by atoms with Gasteiger partial charge >= 0.3 is 0 Å². The van der Waals surface area contributed by atoms with Crippen molar-refractivity contribution in [3.63, 3.8) is 0 Å². The van der Waals surface area contributed by atoms with Crippen LogP contribution in [-0.2, 0) is 15.9 Å². The minimum atomic E-state index is -3.54. The normalized spacial score (nSPS) is 18.4. The lowest BCUT2D eigenvalue weighted by Gasteiger charge is -2.21. The van der Waals surface area contributed by atoms with Crippen LogP contribution in [0.4, 0.5) is 0 Å². The van der Waals surface area contributed by atoms with E-state index < -0.39 is 10.0 Å². The number of hydrogen-bond acceptors (Lipinski definition) is 4. The van der Waals surface area contributed by atoms with Crippen molar-refractivity contribution in [3.05, 3.63) is 23.8 Å². The number of likely N-dealkylation sites (N-methyl/N-ethyl adjacent to an activating group) is 1. The smallest absolute Gasteiger partial charge is 0.246 e. The molecule has 1 aliphatic heterocycles. The molecule has 1 aromatic rings. The molecule has 5 nitrogen and oxygen atoms in total. The lowest BCUT2D eigenvalue weighted by molar-refractivity contribution is 0.346. The third-order valence-electron chi connectivity index (χ3n) is 3.68. The standard InChI is InChI=1S/C14H21ClN2O3S/c1-16-6-3-7-17(9-8-16)21(18,19)14-5-4-12(11-15)10-13(14)20-2/h4-5,10H,3,6-9,11H2,1-2H3. The Morgan fingerprint density at radius 2 is 2.00 bits per heavy atom. The molecule has 1 aromatic carbocycles. The summed E-state index contributed by atoms with van der Waals surface area (Å²) in [6.07, 6.45) is 0.831. The Bertz CT molecular complexity index is 592. The van der Waals surface area contributed by atoms with Crippen LogP contribution in [0.15, 0.2) is 23.1 Å². The maximum atomic E-state index is 12.8. The highest BCUT2D eigenvalue weighted by Gasteiger charge is 2.29. The van der Waals surface area contributed by atoms with E-state index in [1.807, 2.05) is 7.05 Å². The van der Waals surface area contributed by atoms with Crippen molar-refractivity contribution >= 4 is 21.6 Å². The molecule has 118 valence electrons. The first-order chi connectivity index (χ1) is 9.98. The molecule has 0 radical (unpaired) electrons. The van der Waals surface area contributed by atoms with E-state index in [0.717, 1.165) is 25.1 Å². The average molecular weight is 333 g/mol. The van der Waals surface area contributed by atoms with Crippen molar-refractivity contribution in [3.8, 4) is 5.75 Å². The monoisotopic (exact) mass is 332 g/mol. The minimum absolute atomic E-state index is 0.211. The van der Waals surface area contributed by atoms with E-state index in [9.17, 15) is 8.42 Å². The topological polar surface area (TPSA) is 49.9 Å². The molecule has 0 bridgehead atoms. The molecule has 1 saturated heterocycles. The van der Waals surface area contributed by atoms with Gasteiger partial charge in [0.2, 0.25) is 10.0 Å². The second kappa shape index (κ2) is 6.96. The molecule has 0 N–H and O–H groups in total. The predicted octanol–water partition coefficient (Wildman–Crippen LogP) is 1.76. The first-order valence-corrected chi connectivity index (χ1v) is 8.88. The molecule has 1 aliphatic rings. The van der Waals surface area contributed by atoms with Crippen LogP contribution in [0.1, 0.15) is 12.0 Å². The zero-order valence-electron chi connectivity index (χ0n) is 12.4. The van der Waals surface area contributed by atoms with Crippen LogP contribution in [0.2, 0.25) is 0 Å². The van der Waals surface area contributed by atoms with Gasteiger partial charge in [0.15, 0.2) is 0 Å². The molecule has 0 amide bonds. The van der Waals surface area contributed by atoms with Crippen LogP contribution in [0.3, 0.4) is 0 Å². The number of nitrogens with zero attached hydrogens (tertiary/aromatic N) is 2. The Morgan fingerprint density at radius 1 is 1.24 bits per heavy atom. The molecule has 7 heteroatoms. The molecule has 0 spiro atoms. The highest BCUT2D eigenvalue weighted by molar-refractivity contribution is 7.89. The van der Waals surface area contributed by atoms with Crippen molar-refractivity contribution in [2.45, 2.75) is 17.2 Å². The second-order valence-electron chi connectivity index (χ2n) is 5.18. The van der Waals surface area contributed by atoms with E-state index in [1.54, 1.807) is 18.2 Å². The number of benzene rings is 1. The van der Waals surface area contributed by atoms with Gasteiger partial charge < -0.3 is 9.64 Å². The quantitative estimate of drug-likeness (QED) is 0.788. The molecule has 0 atom stereocenters. The fourth-order valence-corrected chi connectivity index (χ4v) is 4.18. The Morgan fingerprint density at radius 3 is 2.67 bits per heavy atom. The summed E-state index contributed by atoms with van der Waals surface area (Å²) in [5, 5.41) is 0. The molecule has 0 unspecified atom stereocenters. The van der Waals surface area contributed by atoms with Crippen LogP contribution in [0, 0.1) is 0 Å². The number of halogens is 1. The average Bonchev–Trinajstić information content (AvgIpc) is 2.71. The van der Waals surface area contributed by atoms with Crippen molar-refractivity contribution in [2.24, 2.45) is 0 Å². The van der Waals surface area contributed by atoms with E-state index >= 15 is 0 Å². The summed E-state index contributed by atoms with van der Waals surface area (Å²) in [6.45, 7) is 2.68. The largest absolute Gasteiger partial charge is 0.495 e. The van der Waals surface area contributed by atoms with Crippen LogP contribution < -0.4 is 4.74 Å². The summed E-state index contributed by atoms with van der Waals surface area (Å²) in [6, 6.07) is 5.00. The summed E-state index contributed by atoms with van der Waals surface area (Å²) in [5.74, 6) is 0.677. The lowest BCUT2D eigenvalue weighted by Crippen LogP contribution is -2.34. The number of sulfonamides is 1. The van der Waals surface area contributed by atoms with E-state index in [0.29, 0.717) is 24.7 Å². The van der Waals surface area contributed by atoms with Crippen LogP contribution >= 0.6 is 11.6 Å². The molecular weight excluding hydrogens is 312 g/mol. The lowest BCUT2D eigenvalue weighted by atomic mass is 10.2. The SMILES string of the molecule is COc1cc(CCl)ccc1S(=O)(=O)N1CCCN(C)CC1. The molecule has 1 fully saturated rings. The molecule has 0 aromatic heterocycles. The van der Waals surface area contributed by atoms with Gasteiger partial charge in [-0.15, -0.1) is 11.6 Å². The molecule has 0 saturated carbocycles. The number of hydrogen-bond donors (Lipinski definition) is 0. The van der Waals surface area contributed by atoms with Gasteiger partial charge in [-0.25, -0.2) is 8.42 Å². The van der Waals surface area contributed by atoms with E-state index in [4.69, 9.17) is 16.3 Å². The Hall–Kier alpha value is -0.820. The molecule has 1 heterocycles.